The SMILES string of the molecule is O=C1CSc2ccc(C(=O)Nc3ccnn3Cc3ccc(Cl)cc3Cl)cc2N1. The lowest BCUT2D eigenvalue weighted by atomic mass is 10.2. The molecule has 0 fully saturated rings. The predicted octanol–water partition coefficient (Wildman–Crippen LogP) is 4.53. The van der Waals surface area contributed by atoms with Gasteiger partial charge in [0.15, 0.2) is 0 Å². The fourth-order valence-corrected chi connectivity index (χ4v) is 4.05. The lowest BCUT2D eigenvalue weighted by Gasteiger charge is -2.17. The average molecular weight is 433 g/mol. The summed E-state index contributed by atoms with van der Waals surface area (Å²) in [6.45, 7) is 0.384. The normalized spacial score (nSPS) is 13.0. The summed E-state index contributed by atoms with van der Waals surface area (Å²) in [6.07, 6.45) is 1.60. The number of anilines is 2. The van der Waals surface area contributed by atoms with Crippen LogP contribution in [-0.4, -0.2) is 27.3 Å². The monoisotopic (exact) mass is 432 g/mol. The summed E-state index contributed by atoms with van der Waals surface area (Å²) in [6, 6.07) is 12.2. The fraction of sp³-hybridized carbons (Fsp3) is 0.105. The summed E-state index contributed by atoms with van der Waals surface area (Å²) in [5.74, 6) is 0.544. The van der Waals surface area contributed by atoms with E-state index >= 15 is 0 Å². The van der Waals surface area contributed by atoms with Gasteiger partial charge in [-0.05, 0) is 35.9 Å². The maximum Gasteiger partial charge on any atom is 0.256 e. The zero-order valence-corrected chi connectivity index (χ0v) is 16.7. The highest BCUT2D eigenvalue weighted by atomic mass is 35.5. The van der Waals surface area contributed by atoms with E-state index in [0.717, 1.165) is 10.5 Å². The first kappa shape index (κ1) is 18.9. The number of nitrogens with one attached hydrogen (secondary N) is 2. The molecule has 9 heteroatoms. The minimum absolute atomic E-state index is 0.0759. The van der Waals surface area contributed by atoms with Crippen LogP contribution in [0, 0.1) is 0 Å². The highest BCUT2D eigenvalue weighted by Gasteiger charge is 2.18. The van der Waals surface area contributed by atoms with E-state index in [2.05, 4.69) is 15.7 Å². The molecule has 142 valence electrons. The number of nitrogens with zero attached hydrogens (tertiary/aromatic N) is 2. The number of thioether (sulfide) groups is 1. The van der Waals surface area contributed by atoms with Gasteiger partial charge in [-0.25, -0.2) is 4.68 Å². The molecule has 1 aromatic heterocycles. The van der Waals surface area contributed by atoms with Crippen LogP contribution in [-0.2, 0) is 11.3 Å². The lowest BCUT2D eigenvalue weighted by Crippen LogP contribution is -2.20. The first-order valence-electron chi connectivity index (χ1n) is 8.33. The van der Waals surface area contributed by atoms with Crippen LogP contribution < -0.4 is 10.6 Å². The van der Waals surface area contributed by atoms with E-state index in [-0.39, 0.29) is 11.8 Å². The second-order valence-corrected chi connectivity index (χ2v) is 7.97. The molecule has 6 nitrogen and oxygen atoms in total. The number of carbonyl (C=O) groups excluding carboxylic acids is 2. The van der Waals surface area contributed by atoms with Crippen molar-refractivity contribution in [2.45, 2.75) is 11.4 Å². The number of hydrogen-bond donors (Lipinski definition) is 2. The summed E-state index contributed by atoms with van der Waals surface area (Å²) in [4.78, 5) is 25.2. The summed E-state index contributed by atoms with van der Waals surface area (Å²) in [5, 5.41) is 11.0. The summed E-state index contributed by atoms with van der Waals surface area (Å²) in [7, 11) is 0. The maximum atomic E-state index is 12.7. The van der Waals surface area contributed by atoms with Crippen molar-refractivity contribution in [1.82, 2.24) is 9.78 Å². The number of carbonyl (C=O) groups is 2. The molecule has 4 rings (SSSR count). The molecule has 0 saturated carbocycles. The standard InChI is InChI=1S/C19H14Cl2N4O2S/c20-13-3-1-12(14(21)8-13)9-25-17(5-6-22-25)24-19(27)11-2-4-16-15(7-11)23-18(26)10-28-16/h1-8H,9-10H2,(H,23,26)(H,24,27). The van der Waals surface area contributed by atoms with Crippen LogP contribution in [0.5, 0.6) is 0 Å². The van der Waals surface area contributed by atoms with E-state index < -0.39 is 0 Å². The fourth-order valence-electron chi connectivity index (χ4n) is 2.79. The van der Waals surface area contributed by atoms with Gasteiger partial charge >= 0.3 is 0 Å². The molecular formula is C19H14Cl2N4O2S. The third-order valence-corrected chi connectivity index (χ3v) is 5.83. The second-order valence-electron chi connectivity index (χ2n) is 6.11. The topological polar surface area (TPSA) is 76.0 Å². The van der Waals surface area contributed by atoms with Crippen LogP contribution in [0.15, 0.2) is 53.6 Å². The Labute approximate surface area is 175 Å². The van der Waals surface area contributed by atoms with Crippen molar-refractivity contribution in [1.29, 1.82) is 0 Å². The van der Waals surface area contributed by atoms with E-state index in [1.165, 1.54) is 11.8 Å². The van der Waals surface area contributed by atoms with Crippen molar-refractivity contribution in [3.05, 3.63) is 69.8 Å². The Balaban J connectivity index is 1.52. The number of fused-ring (bicyclic) bond motifs is 1. The van der Waals surface area contributed by atoms with Gasteiger partial charge in [0.1, 0.15) is 5.82 Å². The van der Waals surface area contributed by atoms with Gasteiger partial charge in [0, 0.05) is 26.6 Å². The molecule has 1 aliphatic rings. The smallest absolute Gasteiger partial charge is 0.256 e. The molecule has 2 N–H and O–H groups in total. The van der Waals surface area contributed by atoms with Gasteiger partial charge in [-0.2, -0.15) is 5.10 Å². The number of amides is 2. The lowest BCUT2D eigenvalue weighted by molar-refractivity contribution is -0.113. The van der Waals surface area contributed by atoms with Gasteiger partial charge in [0.2, 0.25) is 5.91 Å². The van der Waals surface area contributed by atoms with Gasteiger partial charge in [0.25, 0.3) is 5.91 Å². The zero-order valence-electron chi connectivity index (χ0n) is 14.4. The summed E-state index contributed by atoms with van der Waals surface area (Å²) >= 11 is 13.6. The van der Waals surface area contributed by atoms with Crippen molar-refractivity contribution < 1.29 is 9.59 Å². The largest absolute Gasteiger partial charge is 0.324 e. The Hall–Kier alpha value is -2.48. The van der Waals surface area contributed by atoms with Gasteiger partial charge in [-0.1, -0.05) is 29.3 Å². The molecule has 0 saturated heterocycles. The Morgan fingerprint density at radius 3 is 2.89 bits per heavy atom. The Morgan fingerprint density at radius 1 is 1.21 bits per heavy atom. The van der Waals surface area contributed by atoms with Crippen LogP contribution in [0.4, 0.5) is 11.5 Å². The highest BCUT2D eigenvalue weighted by Crippen LogP contribution is 2.32. The molecular weight excluding hydrogens is 419 g/mol. The zero-order chi connectivity index (χ0) is 19.7. The molecule has 2 aromatic carbocycles. The molecule has 3 aromatic rings. The molecule has 2 heterocycles. The van der Waals surface area contributed by atoms with E-state index in [1.807, 2.05) is 12.1 Å². The van der Waals surface area contributed by atoms with Crippen LogP contribution in [0.25, 0.3) is 0 Å². The molecule has 2 amide bonds. The number of rotatable bonds is 4. The molecule has 1 aliphatic heterocycles. The third-order valence-electron chi connectivity index (χ3n) is 4.17. The van der Waals surface area contributed by atoms with Crippen molar-refractivity contribution >= 4 is 58.3 Å². The third kappa shape index (κ3) is 4.01. The molecule has 0 radical (unpaired) electrons. The summed E-state index contributed by atoms with van der Waals surface area (Å²) in [5.41, 5.74) is 1.92. The van der Waals surface area contributed by atoms with Gasteiger partial charge in [0.05, 0.1) is 24.2 Å². The average Bonchev–Trinajstić information content (AvgIpc) is 3.10. The summed E-state index contributed by atoms with van der Waals surface area (Å²) < 4.78 is 1.64. The maximum absolute atomic E-state index is 12.7. The first-order valence-corrected chi connectivity index (χ1v) is 10.1. The Morgan fingerprint density at radius 2 is 2.07 bits per heavy atom. The van der Waals surface area contributed by atoms with Gasteiger partial charge in [-0.3, -0.25) is 9.59 Å². The predicted molar refractivity (Wildman–Crippen MR) is 112 cm³/mol. The van der Waals surface area contributed by atoms with Crippen molar-refractivity contribution in [3.63, 3.8) is 0 Å². The van der Waals surface area contributed by atoms with E-state index in [0.29, 0.717) is 39.4 Å². The number of benzene rings is 2. The van der Waals surface area contributed by atoms with E-state index in [1.54, 1.807) is 41.2 Å². The van der Waals surface area contributed by atoms with Crippen LogP contribution in [0.3, 0.4) is 0 Å². The Bertz CT molecular complexity index is 1080. The number of halogens is 2. The number of aromatic nitrogens is 2. The molecule has 0 atom stereocenters. The molecule has 28 heavy (non-hydrogen) atoms. The minimum Gasteiger partial charge on any atom is -0.324 e. The second kappa shape index (κ2) is 7.87. The minimum atomic E-state index is -0.295. The molecule has 0 spiro atoms. The molecule has 0 bridgehead atoms. The van der Waals surface area contributed by atoms with E-state index in [9.17, 15) is 9.59 Å². The van der Waals surface area contributed by atoms with Gasteiger partial charge < -0.3 is 10.6 Å². The molecule has 0 unspecified atom stereocenters. The number of hydrogen-bond acceptors (Lipinski definition) is 4. The highest BCUT2D eigenvalue weighted by molar-refractivity contribution is 8.00. The van der Waals surface area contributed by atoms with Crippen molar-refractivity contribution in [3.8, 4) is 0 Å². The quantitative estimate of drug-likeness (QED) is 0.634. The van der Waals surface area contributed by atoms with Gasteiger partial charge in [-0.15, -0.1) is 11.8 Å². The first-order chi connectivity index (χ1) is 13.5. The molecule has 0 aliphatic carbocycles. The van der Waals surface area contributed by atoms with Crippen LogP contribution in [0.2, 0.25) is 10.0 Å². The Kier molecular flexibility index (Phi) is 5.30. The van der Waals surface area contributed by atoms with E-state index in [4.69, 9.17) is 23.2 Å². The van der Waals surface area contributed by atoms with Crippen LogP contribution in [0.1, 0.15) is 15.9 Å². The van der Waals surface area contributed by atoms with Crippen molar-refractivity contribution in [2.24, 2.45) is 0 Å². The van der Waals surface area contributed by atoms with Crippen LogP contribution >= 0.6 is 35.0 Å². The van der Waals surface area contributed by atoms with Crippen molar-refractivity contribution in [2.75, 3.05) is 16.4 Å².